The fourth-order valence-electron chi connectivity index (χ4n) is 3.17. The van der Waals surface area contributed by atoms with Crippen molar-refractivity contribution in [3.63, 3.8) is 0 Å². The Morgan fingerprint density at radius 1 is 1.14 bits per heavy atom. The zero-order valence-electron chi connectivity index (χ0n) is 15.8. The summed E-state index contributed by atoms with van der Waals surface area (Å²) >= 11 is 3.47. The maximum atomic E-state index is 12.6. The lowest BCUT2D eigenvalue weighted by atomic mass is 10.1. The molecule has 0 unspecified atom stereocenters. The standard InChI is InChI=1S/C21H20BrN5O/c1-12(2)18-17(22)19(26-25-18)21(28)23-14-10-8-13(9-11-14)20-24-15-6-4-5-7-16(15)27(20)3/h4-12H,1-3H3,(H,23,28)(H,25,26). The van der Waals surface area contributed by atoms with E-state index in [4.69, 9.17) is 4.98 Å². The summed E-state index contributed by atoms with van der Waals surface area (Å²) < 4.78 is 2.77. The van der Waals surface area contributed by atoms with Gasteiger partial charge in [-0.25, -0.2) is 4.98 Å². The minimum Gasteiger partial charge on any atom is -0.327 e. The Balaban J connectivity index is 1.56. The van der Waals surface area contributed by atoms with E-state index in [0.717, 1.165) is 28.1 Å². The molecular formula is C21H20BrN5O. The van der Waals surface area contributed by atoms with Gasteiger partial charge in [-0.1, -0.05) is 26.0 Å². The average Bonchev–Trinajstić information content (AvgIpc) is 3.23. The number of nitrogens with one attached hydrogen (secondary N) is 2. The highest BCUT2D eigenvalue weighted by molar-refractivity contribution is 9.10. The van der Waals surface area contributed by atoms with E-state index in [1.807, 2.05) is 69.4 Å². The molecule has 2 aromatic carbocycles. The molecule has 28 heavy (non-hydrogen) atoms. The molecule has 0 aliphatic rings. The Hall–Kier alpha value is -2.93. The quantitative estimate of drug-likeness (QED) is 0.466. The Labute approximate surface area is 171 Å². The third kappa shape index (κ3) is 3.22. The van der Waals surface area contributed by atoms with Gasteiger partial charge in [-0.3, -0.25) is 9.89 Å². The van der Waals surface area contributed by atoms with Crippen LogP contribution in [-0.4, -0.2) is 25.7 Å². The van der Waals surface area contributed by atoms with Crippen molar-refractivity contribution in [3.05, 3.63) is 64.4 Å². The molecule has 4 rings (SSSR count). The number of imidazole rings is 1. The van der Waals surface area contributed by atoms with Crippen LogP contribution in [0.25, 0.3) is 22.4 Å². The van der Waals surface area contributed by atoms with Crippen molar-refractivity contribution in [1.82, 2.24) is 19.7 Å². The summed E-state index contributed by atoms with van der Waals surface area (Å²) in [6, 6.07) is 15.7. The third-order valence-electron chi connectivity index (χ3n) is 4.71. The highest BCUT2D eigenvalue weighted by Crippen LogP contribution is 2.27. The molecule has 0 saturated heterocycles. The van der Waals surface area contributed by atoms with E-state index in [0.29, 0.717) is 15.9 Å². The van der Waals surface area contributed by atoms with Gasteiger partial charge in [-0.05, 0) is 58.2 Å². The van der Waals surface area contributed by atoms with Crippen LogP contribution in [0.4, 0.5) is 5.69 Å². The maximum absolute atomic E-state index is 12.6. The number of aryl methyl sites for hydroxylation is 1. The molecule has 0 aliphatic carbocycles. The lowest BCUT2D eigenvalue weighted by Gasteiger charge is -2.06. The molecule has 2 heterocycles. The first kappa shape index (κ1) is 18.4. The van der Waals surface area contributed by atoms with Crippen molar-refractivity contribution in [3.8, 4) is 11.4 Å². The van der Waals surface area contributed by atoms with Crippen LogP contribution < -0.4 is 5.32 Å². The van der Waals surface area contributed by atoms with E-state index in [-0.39, 0.29) is 11.8 Å². The second kappa shape index (κ2) is 7.24. The van der Waals surface area contributed by atoms with E-state index < -0.39 is 0 Å². The first-order valence-corrected chi connectivity index (χ1v) is 9.82. The largest absolute Gasteiger partial charge is 0.327 e. The van der Waals surface area contributed by atoms with Crippen LogP contribution in [0.5, 0.6) is 0 Å². The highest BCUT2D eigenvalue weighted by Gasteiger charge is 2.19. The van der Waals surface area contributed by atoms with Gasteiger partial charge in [0.15, 0.2) is 5.69 Å². The molecule has 0 aliphatic heterocycles. The lowest BCUT2D eigenvalue weighted by Crippen LogP contribution is -2.13. The van der Waals surface area contributed by atoms with Crippen LogP contribution in [-0.2, 0) is 7.05 Å². The molecule has 2 aromatic heterocycles. The number of benzene rings is 2. The fraction of sp³-hybridized carbons (Fsp3) is 0.190. The predicted molar refractivity (Wildman–Crippen MR) is 114 cm³/mol. The summed E-state index contributed by atoms with van der Waals surface area (Å²) in [6.07, 6.45) is 0. The van der Waals surface area contributed by atoms with Crippen LogP contribution >= 0.6 is 15.9 Å². The zero-order chi connectivity index (χ0) is 19.8. The summed E-state index contributed by atoms with van der Waals surface area (Å²) in [7, 11) is 2.00. The van der Waals surface area contributed by atoms with Crippen molar-refractivity contribution >= 4 is 38.6 Å². The van der Waals surface area contributed by atoms with E-state index >= 15 is 0 Å². The number of anilines is 1. The first-order valence-electron chi connectivity index (χ1n) is 9.02. The molecule has 6 nitrogen and oxygen atoms in total. The number of carbonyl (C=O) groups is 1. The summed E-state index contributed by atoms with van der Waals surface area (Å²) in [5.41, 5.74) is 4.99. The molecule has 0 saturated carbocycles. The predicted octanol–water partition coefficient (Wildman–Crippen LogP) is 5.10. The summed E-state index contributed by atoms with van der Waals surface area (Å²) in [5, 5.41) is 9.95. The molecule has 0 fully saturated rings. The molecular weight excluding hydrogens is 418 g/mol. The van der Waals surface area contributed by atoms with Crippen molar-refractivity contribution in [2.75, 3.05) is 5.32 Å². The molecule has 0 bridgehead atoms. The van der Waals surface area contributed by atoms with Crippen LogP contribution in [0.15, 0.2) is 53.0 Å². The van der Waals surface area contributed by atoms with Crippen LogP contribution in [0.3, 0.4) is 0 Å². The summed E-state index contributed by atoms with van der Waals surface area (Å²) in [6.45, 7) is 4.08. The number of fused-ring (bicyclic) bond motifs is 1. The number of nitrogens with zero attached hydrogens (tertiary/aromatic N) is 3. The van der Waals surface area contributed by atoms with Gasteiger partial charge in [0.25, 0.3) is 5.91 Å². The number of para-hydroxylation sites is 2. The molecule has 2 N–H and O–H groups in total. The number of aromatic amines is 1. The Kier molecular flexibility index (Phi) is 4.77. The number of amides is 1. The minimum atomic E-state index is -0.259. The van der Waals surface area contributed by atoms with Gasteiger partial charge in [-0.2, -0.15) is 5.10 Å². The number of hydrogen-bond donors (Lipinski definition) is 2. The molecule has 7 heteroatoms. The van der Waals surface area contributed by atoms with Gasteiger partial charge < -0.3 is 9.88 Å². The molecule has 0 atom stereocenters. The van der Waals surface area contributed by atoms with Crippen molar-refractivity contribution < 1.29 is 4.79 Å². The number of rotatable bonds is 4. The molecule has 142 valence electrons. The van der Waals surface area contributed by atoms with Gasteiger partial charge in [0.2, 0.25) is 0 Å². The lowest BCUT2D eigenvalue weighted by molar-refractivity contribution is 0.102. The van der Waals surface area contributed by atoms with Crippen LogP contribution in [0.1, 0.15) is 35.9 Å². The number of hydrogen-bond acceptors (Lipinski definition) is 3. The maximum Gasteiger partial charge on any atom is 0.277 e. The molecule has 0 spiro atoms. The Morgan fingerprint density at radius 3 is 2.50 bits per heavy atom. The summed E-state index contributed by atoms with van der Waals surface area (Å²) in [4.78, 5) is 17.3. The Morgan fingerprint density at radius 2 is 1.86 bits per heavy atom. The Bertz CT molecular complexity index is 1160. The SMILES string of the molecule is CC(C)c1[nH]nc(C(=O)Nc2ccc(-c3nc4ccccc4n3C)cc2)c1Br. The molecule has 1 amide bonds. The van der Waals surface area contributed by atoms with E-state index in [9.17, 15) is 4.79 Å². The zero-order valence-corrected chi connectivity index (χ0v) is 17.4. The summed E-state index contributed by atoms with van der Waals surface area (Å²) in [5.74, 6) is 0.872. The first-order chi connectivity index (χ1) is 13.5. The van der Waals surface area contributed by atoms with Crippen molar-refractivity contribution in [2.45, 2.75) is 19.8 Å². The number of carbonyl (C=O) groups excluding carboxylic acids is 1. The van der Waals surface area contributed by atoms with Gasteiger partial charge in [0, 0.05) is 18.3 Å². The average molecular weight is 438 g/mol. The van der Waals surface area contributed by atoms with E-state index in [1.54, 1.807) is 0 Å². The smallest absolute Gasteiger partial charge is 0.277 e. The second-order valence-corrected chi connectivity index (χ2v) is 7.76. The monoisotopic (exact) mass is 437 g/mol. The fourth-order valence-corrected chi connectivity index (χ4v) is 3.99. The van der Waals surface area contributed by atoms with Gasteiger partial charge in [0.05, 0.1) is 21.2 Å². The van der Waals surface area contributed by atoms with E-state index in [1.165, 1.54) is 0 Å². The van der Waals surface area contributed by atoms with E-state index in [2.05, 4.69) is 36.0 Å². The number of halogens is 1. The van der Waals surface area contributed by atoms with Crippen LogP contribution in [0, 0.1) is 0 Å². The molecule has 4 aromatic rings. The van der Waals surface area contributed by atoms with Crippen LogP contribution in [0.2, 0.25) is 0 Å². The van der Waals surface area contributed by atoms with Gasteiger partial charge in [-0.15, -0.1) is 0 Å². The third-order valence-corrected chi connectivity index (χ3v) is 5.52. The molecule has 0 radical (unpaired) electrons. The van der Waals surface area contributed by atoms with Crippen molar-refractivity contribution in [2.24, 2.45) is 7.05 Å². The normalized spacial score (nSPS) is 11.3. The number of aromatic nitrogens is 4. The van der Waals surface area contributed by atoms with Gasteiger partial charge >= 0.3 is 0 Å². The second-order valence-electron chi connectivity index (χ2n) is 6.97. The minimum absolute atomic E-state index is 0.246. The topological polar surface area (TPSA) is 75.6 Å². The van der Waals surface area contributed by atoms with Gasteiger partial charge in [0.1, 0.15) is 5.82 Å². The number of H-pyrrole nitrogens is 1. The highest BCUT2D eigenvalue weighted by atomic mass is 79.9. The van der Waals surface area contributed by atoms with Crippen molar-refractivity contribution in [1.29, 1.82) is 0 Å².